The predicted octanol–water partition coefficient (Wildman–Crippen LogP) is 3.82. The maximum absolute atomic E-state index is 13.5. The lowest BCUT2D eigenvalue weighted by molar-refractivity contribution is 0.412. The van der Waals surface area contributed by atoms with Gasteiger partial charge >= 0.3 is 10.2 Å². The molecule has 0 saturated carbocycles. The number of hydrogen-bond acceptors (Lipinski definition) is 3. The number of alkyl halides is 1. The van der Waals surface area contributed by atoms with Crippen molar-refractivity contribution in [3.8, 4) is 5.75 Å². The fraction of sp³-hybridized carbons (Fsp3) is 0.250. The molecule has 0 bridgehead atoms. The van der Waals surface area contributed by atoms with Crippen LogP contribution >= 0.6 is 15.9 Å². The zero-order chi connectivity index (χ0) is 17.3. The van der Waals surface area contributed by atoms with Crippen molar-refractivity contribution in [2.45, 2.75) is 6.42 Å². The van der Waals surface area contributed by atoms with Gasteiger partial charge in [0.1, 0.15) is 17.3 Å². The quantitative estimate of drug-likeness (QED) is 0.698. The Morgan fingerprint density at radius 2 is 1.83 bits per heavy atom. The molecule has 24 heavy (non-hydrogen) atoms. The molecular weight excluding hydrogens is 399 g/mol. The van der Waals surface area contributed by atoms with Crippen LogP contribution in [0.2, 0.25) is 0 Å². The van der Waals surface area contributed by atoms with Gasteiger partial charge in [-0.1, -0.05) is 28.1 Å². The van der Waals surface area contributed by atoms with Crippen LogP contribution in [0.3, 0.4) is 0 Å². The number of hydrogen-bond donors (Lipinski definition) is 0. The smallest absolute Gasteiger partial charge is 0.331 e. The summed E-state index contributed by atoms with van der Waals surface area (Å²) in [4.78, 5) is 0. The van der Waals surface area contributed by atoms with E-state index >= 15 is 0 Å². The molecule has 2 aromatic rings. The summed E-state index contributed by atoms with van der Waals surface area (Å²) in [5, 5.41) is 0.695. The Hall–Kier alpha value is -1.80. The summed E-state index contributed by atoms with van der Waals surface area (Å²) in [5.74, 6) is -0.327. The Bertz CT molecular complexity index is 860. The van der Waals surface area contributed by atoms with E-state index in [-0.39, 0.29) is 11.4 Å². The van der Waals surface area contributed by atoms with Crippen LogP contribution in [0, 0.1) is 5.82 Å². The van der Waals surface area contributed by atoms with E-state index in [4.69, 9.17) is 4.74 Å². The molecule has 0 saturated heterocycles. The highest BCUT2D eigenvalue weighted by Gasteiger charge is 2.41. The third-order valence-electron chi connectivity index (χ3n) is 3.73. The van der Waals surface area contributed by atoms with Gasteiger partial charge in [0.05, 0.1) is 18.5 Å². The monoisotopic (exact) mass is 414 g/mol. The number of benzene rings is 2. The highest BCUT2D eigenvalue weighted by Crippen LogP contribution is 2.47. The minimum Gasteiger partial charge on any atom is -0.494 e. The average molecular weight is 415 g/mol. The molecule has 0 aliphatic carbocycles. The summed E-state index contributed by atoms with van der Waals surface area (Å²) in [6.45, 7) is 0.352. The molecule has 5 nitrogen and oxygen atoms in total. The van der Waals surface area contributed by atoms with Gasteiger partial charge in [-0.15, -0.1) is 0 Å². The van der Waals surface area contributed by atoms with Crippen LogP contribution < -0.4 is 13.3 Å². The topological polar surface area (TPSA) is 49.9 Å². The Morgan fingerprint density at radius 3 is 2.50 bits per heavy atom. The molecular formula is C16H16BrFN2O3S. The van der Waals surface area contributed by atoms with Gasteiger partial charge in [-0.3, -0.25) is 4.31 Å². The number of methoxy groups -OCH3 is 1. The summed E-state index contributed by atoms with van der Waals surface area (Å²) in [6, 6.07) is 10.9. The molecule has 0 radical (unpaired) electrons. The number of ether oxygens (including phenoxy) is 1. The highest BCUT2D eigenvalue weighted by atomic mass is 79.9. The first-order valence-corrected chi connectivity index (χ1v) is 9.84. The Balaban J connectivity index is 2.18. The van der Waals surface area contributed by atoms with E-state index in [0.29, 0.717) is 29.7 Å². The first-order valence-electron chi connectivity index (χ1n) is 7.32. The van der Waals surface area contributed by atoms with E-state index < -0.39 is 16.0 Å². The molecule has 1 heterocycles. The third-order valence-corrected chi connectivity index (χ3v) is 6.09. The van der Waals surface area contributed by atoms with Crippen LogP contribution in [-0.2, 0) is 10.2 Å². The van der Waals surface area contributed by atoms with E-state index in [1.807, 2.05) is 0 Å². The molecule has 0 N–H and O–H groups in total. The van der Waals surface area contributed by atoms with E-state index in [9.17, 15) is 12.8 Å². The maximum atomic E-state index is 13.5. The number of anilines is 3. The molecule has 1 aliphatic heterocycles. The molecule has 0 unspecified atom stereocenters. The van der Waals surface area contributed by atoms with Crippen molar-refractivity contribution < 1.29 is 17.5 Å². The van der Waals surface area contributed by atoms with E-state index in [0.717, 1.165) is 0 Å². The summed E-state index contributed by atoms with van der Waals surface area (Å²) in [5.41, 5.74) is 1.41. The molecule has 0 spiro atoms. The molecule has 3 rings (SSSR count). The van der Waals surface area contributed by atoms with Gasteiger partial charge in [0, 0.05) is 17.9 Å². The Morgan fingerprint density at radius 1 is 1.12 bits per heavy atom. The standard InChI is InChI=1S/C16H16BrFN2O3S/c1-23-16-11-12(18)7-8-15(16)20-14-6-3-2-5-13(14)19(10-4-9-17)24(20,21)22/h2-3,5-8,11H,4,9-10H2,1H3. The fourth-order valence-electron chi connectivity index (χ4n) is 2.71. The Kier molecular flexibility index (Phi) is 4.69. The zero-order valence-corrected chi connectivity index (χ0v) is 15.3. The number of para-hydroxylation sites is 2. The van der Waals surface area contributed by atoms with Crippen LogP contribution in [0.5, 0.6) is 5.75 Å². The van der Waals surface area contributed by atoms with E-state index in [1.54, 1.807) is 24.3 Å². The molecule has 0 fully saturated rings. The fourth-order valence-corrected chi connectivity index (χ4v) is 4.72. The SMILES string of the molecule is COc1cc(F)ccc1N1c2ccccc2N(CCCBr)S1(=O)=O. The minimum atomic E-state index is -3.81. The lowest BCUT2D eigenvalue weighted by atomic mass is 10.2. The van der Waals surface area contributed by atoms with Crippen molar-refractivity contribution in [1.82, 2.24) is 0 Å². The largest absolute Gasteiger partial charge is 0.494 e. The molecule has 128 valence electrons. The second-order valence-corrected chi connectivity index (χ2v) is 7.69. The molecule has 2 aromatic carbocycles. The van der Waals surface area contributed by atoms with Gasteiger partial charge in [0.25, 0.3) is 0 Å². The molecule has 0 aromatic heterocycles. The predicted molar refractivity (Wildman–Crippen MR) is 96.2 cm³/mol. The number of fused-ring (bicyclic) bond motifs is 1. The van der Waals surface area contributed by atoms with Crippen molar-refractivity contribution in [3.63, 3.8) is 0 Å². The van der Waals surface area contributed by atoms with Crippen molar-refractivity contribution in [3.05, 3.63) is 48.3 Å². The van der Waals surface area contributed by atoms with Crippen LogP contribution in [0.15, 0.2) is 42.5 Å². The Labute approximate surface area is 149 Å². The normalized spacial score (nSPS) is 15.5. The van der Waals surface area contributed by atoms with Crippen molar-refractivity contribution >= 4 is 43.2 Å². The number of halogens is 2. The van der Waals surface area contributed by atoms with Gasteiger partial charge in [-0.2, -0.15) is 8.42 Å². The number of rotatable bonds is 5. The van der Waals surface area contributed by atoms with Crippen LogP contribution in [0.4, 0.5) is 21.5 Å². The van der Waals surface area contributed by atoms with Crippen molar-refractivity contribution in [1.29, 1.82) is 0 Å². The summed E-state index contributed by atoms with van der Waals surface area (Å²) in [6.07, 6.45) is 0.669. The second-order valence-electron chi connectivity index (χ2n) is 5.19. The highest BCUT2D eigenvalue weighted by molar-refractivity contribution is 9.09. The molecule has 0 amide bonds. The van der Waals surface area contributed by atoms with Crippen LogP contribution in [0.25, 0.3) is 0 Å². The summed E-state index contributed by atoms with van der Waals surface area (Å²) in [7, 11) is -2.43. The maximum Gasteiger partial charge on any atom is 0.331 e. The van der Waals surface area contributed by atoms with Gasteiger partial charge < -0.3 is 4.74 Å². The summed E-state index contributed by atoms with van der Waals surface area (Å²) < 4.78 is 47.4. The second kappa shape index (κ2) is 6.60. The van der Waals surface area contributed by atoms with Gasteiger partial charge in [-0.05, 0) is 30.7 Å². The van der Waals surface area contributed by atoms with Crippen LogP contribution in [-0.4, -0.2) is 27.4 Å². The number of nitrogens with zero attached hydrogens (tertiary/aromatic N) is 2. The van der Waals surface area contributed by atoms with Gasteiger partial charge in [0.15, 0.2) is 0 Å². The third kappa shape index (κ3) is 2.73. The molecule has 1 aliphatic rings. The van der Waals surface area contributed by atoms with Gasteiger partial charge in [0.2, 0.25) is 0 Å². The summed E-state index contributed by atoms with van der Waals surface area (Å²) >= 11 is 3.33. The average Bonchev–Trinajstić information content (AvgIpc) is 2.79. The van der Waals surface area contributed by atoms with Gasteiger partial charge in [-0.25, -0.2) is 8.70 Å². The first kappa shape index (κ1) is 17.0. The van der Waals surface area contributed by atoms with Crippen molar-refractivity contribution in [2.75, 3.05) is 27.6 Å². The molecule has 8 heteroatoms. The van der Waals surface area contributed by atoms with E-state index in [2.05, 4.69) is 15.9 Å². The lowest BCUT2D eigenvalue weighted by Crippen LogP contribution is -2.36. The lowest BCUT2D eigenvalue weighted by Gasteiger charge is -2.23. The van der Waals surface area contributed by atoms with E-state index in [1.165, 1.54) is 33.9 Å². The first-order chi connectivity index (χ1) is 11.5. The van der Waals surface area contributed by atoms with Crippen LogP contribution in [0.1, 0.15) is 6.42 Å². The van der Waals surface area contributed by atoms with Crippen molar-refractivity contribution in [2.24, 2.45) is 0 Å². The minimum absolute atomic E-state index is 0.163. The molecule has 0 atom stereocenters. The zero-order valence-electron chi connectivity index (χ0n) is 12.9.